The van der Waals surface area contributed by atoms with Crippen LogP contribution in [0.5, 0.6) is 0 Å². The van der Waals surface area contributed by atoms with Gasteiger partial charge >= 0.3 is 0 Å². The monoisotopic (exact) mass is 412 g/mol. The molecule has 2 aromatic heterocycles. The maximum atomic E-state index is 13.2. The third kappa shape index (κ3) is 3.95. The quantitative estimate of drug-likeness (QED) is 0.453. The van der Waals surface area contributed by atoms with Crippen LogP contribution in [-0.4, -0.2) is 31.8 Å². The lowest BCUT2D eigenvalue weighted by molar-refractivity contribution is -0.132. The Balaban J connectivity index is 1.60. The van der Waals surface area contributed by atoms with Crippen LogP contribution in [-0.2, 0) is 4.79 Å². The van der Waals surface area contributed by atoms with Gasteiger partial charge in [0, 0.05) is 23.8 Å². The van der Waals surface area contributed by atoms with Gasteiger partial charge in [0.25, 0.3) is 5.91 Å². The van der Waals surface area contributed by atoms with Crippen molar-refractivity contribution in [1.29, 1.82) is 0 Å². The van der Waals surface area contributed by atoms with E-state index in [9.17, 15) is 4.79 Å². The molecule has 0 unspecified atom stereocenters. The Bertz CT molecular complexity index is 977. The number of rotatable bonds is 5. The first kappa shape index (κ1) is 18.7. The van der Waals surface area contributed by atoms with Gasteiger partial charge in [0.15, 0.2) is 5.16 Å². The van der Waals surface area contributed by atoms with Crippen molar-refractivity contribution in [2.45, 2.75) is 29.8 Å². The number of hydrazone groups is 1. The van der Waals surface area contributed by atoms with Crippen molar-refractivity contribution >= 4 is 35.0 Å². The van der Waals surface area contributed by atoms with Gasteiger partial charge in [-0.25, -0.2) is 15.0 Å². The fraction of sp³-hybridized carbons (Fsp3) is 0.200. The van der Waals surface area contributed by atoms with Crippen molar-refractivity contribution in [2.24, 2.45) is 5.10 Å². The maximum absolute atomic E-state index is 13.2. The molecule has 8 heteroatoms. The topological polar surface area (TPSA) is 71.6 Å². The first-order chi connectivity index (χ1) is 13.6. The number of furan rings is 1. The highest BCUT2D eigenvalue weighted by molar-refractivity contribution is 8.00. The van der Waals surface area contributed by atoms with E-state index < -0.39 is 5.25 Å². The lowest BCUT2D eigenvalue weighted by atomic mass is 10.0. The minimum absolute atomic E-state index is 0.122. The number of halogens is 1. The zero-order valence-corrected chi connectivity index (χ0v) is 16.6. The molecule has 0 saturated heterocycles. The summed E-state index contributed by atoms with van der Waals surface area (Å²) in [6.07, 6.45) is 5.49. The van der Waals surface area contributed by atoms with E-state index in [1.54, 1.807) is 24.7 Å². The predicted molar refractivity (Wildman–Crippen MR) is 108 cm³/mol. The summed E-state index contributed by atoms with van der Waals surface area (Å²) >= 11 is 7.30. The van der Waals surface area contributed by atoms with E-state index >= 15 is 0 Å². The zero-order chi connectivity index (χ0) is 19.5. The molecular formula is C20H17ClN4O2S. The fourth-order valence-corrected chi connectivity index (χ4v) is 3.87. The summed E-state index contributed by atoms with van der Waals surface area (Å²) < 4.78 is 5.58. The minimum atomic E-state index is -0.395. The molecule has 0 N–H and O–H groups in total. The summed E-state index contributed by atoms with van der Waals surface area (Å²) in [5.41, 5.74) is 1.75. The second-order valence-electron chi connectivity index (χ2n) is 6.26. The Morgan fingerprint density at radius 1 is 1.21 bits per heavy atom. The van der Waals surface area contributed by atoms with Crippen LogP contribution in [0.4, 0.5) is 0 Å². The van der Waals surface area contributed by atoms with Crippen molar-refractivity contribution in [2.75, 3.05) is 0 Å². The molecule has 0 saturated carbocycles. The largest absolute Gasteiger partial charge is 0.467 e. The summed E-state index contributed by atoms with van der Waals surface area (Å²) in [4.78, 5) is 21.5. The van der Waals surface area contributed by atoms with Crippen molar-refractivity contribution in [3.63, 3.8) is 0 Å². The standard InChI is InChI=1S/C20H17ClN4O2S/c1-13(28-20-22-9-3-10-23-20)19(26)25-17(18-4-2-11-27-18)12-16(24-25)14-5-7-15(21)8-6-14/h2-11,13,17H,12H2,1H3/t13-,17+/m0/s1. The Hall–Kier alpha value is -2.64. The summed E-state index contributed by atoms with van der Waals surface area (Å²) in [6, 6.07) is 12.6. The third-order valence-electron chi connectivity index (χ3n) is 4.36. The normalized spacial score (nSPS) is 17.4. The van der Waals surface area contributed by atoms with Crippen LogP contribution in [0.25, 0.3) is 0 Å². The maximum Gasteiger partial charge on any atom is 0.256 e. The molecule has 2 atom stereocenters. The number of hydrogen-bond acceptors (Lipinski definition) is 6. The molecular weight excluding hydrogens is 396 g/mol. The molecule has 142 valence electrons. The van der Waals surface area contributed by atoms with Gasteiger partial charge in [-0.1, -0.05) is 35.5 Å². The highest BCUT2D eigenvalue weighted by atomic mass is 35.5. The smallest absolute Gasteiger partial charge is 0.256 e. The van der Waals surface area contributed by atoms with Crippen LogP contribution >= 0.6 is 23.4 Å². The average molecular weight is 413 g/mol. The van der Waals surface area contributed by atoms with Crippen molar-refractivity contribution in [1.82, 2.24) is 15.0 Å². The van der Waals surface area contributed by atoms with Crippen LogP contribution in [0, 0.1) is 0 Å². The number of benzene rings is 1. The van der Waals surface area contributed by atoms with E-state index in [1.165, 1.54) is 16.8 Å². The molecule has 1 aliphatic rings. The molecule has 28 heavy (non-hydrogen) atoms. The lowest BCUT2D eigenvalue weighted by Crippen LogP contribution is -2.33. The number of aromatic nitrogens is 2. The summed E-state index contributed by atoms with van der Waals surface area (Å²) in [5.74, 6) is 0.581. The number of carbonyl (C=O) groups excluding carboxylic acids is 1. The van der Waals surface area contributed by atoms with Crippen LogP contribution in [0.2, 0.25) is 5.02 Å². The van der Waals surface area contributed by atoms with E-state index in [0.717, 1.165) is 11.3 Å². The molecule has 0 spiro atoms. The van der Waals surface area contributed by atoms with E-state index in [4.69, 9.17) is 16.0 Å². The average Bonchev–Trinajstić information content (AvgIpc) is 3.38. The molecule has 0 bridgehead atoms. The molecule has 3 heterocycles. The van der Waals surface area contributed by atoms with Gasteiger partial charge in [-0.15, -0.1) is 0 Å². The Morgan fingerprint density at radius 2 is 1.96 bits per heavy atom. The number of hydrogen-bond donors (Lipinski definition) is 0. The second-order valence-corrected chi connectivity index (χ2v) is 8.01. The van der Waals surface area contributed by atoms with Crippen molar-refractivity contribution in [3.8, 4) is 0 Å². The van der Waals surface area contributed by atoms with Gasteiger partial charge in [-0.05, 0) is 42.8 Å². The van der Waals surface area contributed by atoms with Crippen molar-refractivity contribution in [3.05, 3.63) is 77.5 Å². The van der Waals surface area contributed by atoms with Crippen LogP contribution < -0.4 is 0 Å². The highest BCUT2D eigenvalue weighted by Gasteiger charge is 2.37. The molecule has 1 amide bonds. The summed E-state index contributed by atoms with van der Waals surface area (Å²) in [5, 5.41) is 6.97. The van der Waals surface area contributed by atoms with Crippen LogP contribution in [0.1, 0.15) is 30.7 Å². The first-order valence-corrected chi connectivity index (χ1v) is 10.0. The molecule has 6 nitrogen and oxygen atoms in total. The number of amides is 1. The molecule has 3 aromatic rings. The fourth-order valence-electron chi connectivity index (χ4n) is 2.97. The SMILES string of the molecule is C[C@H](Sc1ncccn1)C(=O)N1N=C(c2ccc(Cl)cc2)C[C@@H]1c1ccco1. The third-order valence-corrected chi connectivity index (χ3v) is 5.59. The van der Waals surface area contributed by atoms with Gasteiger partial charge in [-0.3, -0.25) is 4.79 Å². The van der Waals surface area contributed by atoms with E-state index in [1.807, 2.05) is 43.3 Å². The number of carbonyl (C=O) groups is 1. The van der Waals surface area contributed by atoms with E-state index in [0.29, 0.717) is 22.4 Å². The summed E-state index contributed by atoms with van der Waals surface area (Å²) in [6.45, 7) is 1.83. The van der Waals surface area contributed by atoms with Gasteiger partial charge in [0.2, 0.25) is 0 Å². The Labute approximate surface area is 171 Å². The first-order valence-electron chi connectivity index (χ1n) is 8.75. The number of nitrogens with zero attached hydrogens (tertiary/aromatic N) is 4. The molecule has 0 radical (unpaired) electrons. The number of thioether (sulfide) groups is 1. The molecule has 1 aliphatic heterocycles. The zero-order valence-electron chi connectivity index (χ0n) is 15.0. The van der Waals surface area contributed by atoms with Crippen molar-refractivity contribution < 1.29 is 9.21 Å². The molecule has 1 aromatic carbocycles. The predicted octanol–water partition coefficient (Wildman–Crippen LogP) is 4.58. The van der Waals surface area contributed by atoms with Crippen LogP contribution in [0.3, 0.4) is 0 Å². The lowest BCUT2D eigenvalue weighted by Gasteiger charge is -2.22. The molecule has 0 fully saturated rings. The Morgan fingerprint density at radius 3 is 2.64 bits per heavy atom. The molecule has 0 aliphatic carbocycles. The molecule has 4 rings (SSSR count). The van der Waals surface area contributed by atoms with Gasteiger partial charge in [-0.2, -0.15) is 5.10 Å². The Kier molecular flexibility index (Phi) is 5.45. The van der Waals surface area contributed by atoms with Gasteiger partial charge in [0.05, 0.1) is 17.2 Å². The summed E-state index contributed by atoms with van der Waals surface area (Å²) in [7, 11) is 0. The minimum Gasteiger partial charge on any atom is -0.467 e. The van der Waals surface area contributed by atoms with Gasteiger partial charge < -0.3 is 4.42 Å². The van der Waals surface area contributed by atoms with Crippen LogP contribution in [0.15, 0.2) is 75.8 Å². The van der Waals surface area contributed by atoms with Gasteiger partial charge in [0.1, 0.15) is 11.8 Å². The van der Waals surface area contributed by atoms with E-state index in [-0.39, 0.29) is 11.9 Å². The second kappa shape index (κ2) is 8.16. The highest BCUT2D eigenvalue weighted by Crippen LogP contribution is 2.35. The van der Waals surface area contributed by atoms with E-state index in [2.05, 4.69) is 15.1 Å².